The zero-order valence-corrected chi connectivity index (χ0v) is 40.3. The monoisotopic (exact) mass is 991 g/mol. The lowest BCUT2D eigenvalue weighted by Crippen LogP contribution is -2.61. The molecular weight excluding hydrogens is 927 g/mol. The highest BCUT2D eigenvalue weighted by Gasteiger charge is 2.40. The van der Waals surface area contributed by atoms with Gasteiger partial charge >= 0.3 is 0 Å². The lowest BCUT2D eigenvalue weighted by atomic mass is 9.96. The number of rotatable bonds is 19. The Balaban J connectivity index is 2.02. The van der Waals surface area contributed by atoms with E-state index in [1.54, 1.807) is 26.0 Å². The molecule has 25 heteroatoms. The van der Waals surface area contributed by atoms with Crippen LogP contribution in [0.15, 0.2) is 24.3 Å². The van der Waals surface area contributed by atoms with Crippen molar-refractivity contribution in [3.63, 3.8) is 0 Å². The number of carbonyl (C=O) groups is 11. The molecule has 0 aromatic heterocycles. The van der Waals surface area contributed by atoms with E-state index in [0.29, 0.717) is 24.8 Å². The molecule has 0 radical (unpaired) electrons. The van der Waals surface area contributed by atoms with E-state index in [-0.39, 0.29) is 48.9 Å². The SMILES string of the molecule is CC[C@H](C)[C@@H]1NC(=O)[C@H](Cc2ccc(O)cc2)NC(=O)CCSSC[C@@H](C(=O)N(CC(=O)N[C@@H](CC(C)C)C(=O)NCC(N)=O)C2CC2)NC(=O)[C@H](CC(N)=O)NC(=O)[C@H](CCC(N)=O)NC1=O. The van der Waals surface area contributed by atoms with Crippen molar-refractivity contribution >= 4 is 86.6 Å². The molecule has 1 aromatic carbocycles. The number of hydrogen-bond donors (Lipinski definition) is 11. The highest BCUT2D eigenvalue weighted by Crippen LogP contribution is 2.29. The minimum absolute atomic E-state index is 0.0255. The molecule has 2 aliphatic rings. The van der Waals surface area contributed by atoms with E-state index in [9.17, 15) is 57.8 Å². The molecule has 3 rings (SSSR count). The van der Waals surface area contributed by atoms with E-state index in [1.165, 1.54) is 17.0 Å². The minimum Gasteiger partial charge on any atom is -0.508 e. The topological polar surface area (TPSA) is 374 Å². The molecule has 2 fully saturated rings. The van der Waals surface area contributed by atoms with Gasteiger partial charge in [-0.05, 0) is 55.2 Å². The van der Waals surface area contributed by atoms with Gasteiger partial charge in [0, 0.05) is 36.8 Å². The third-order valence-corrected chi connectivity index (χ3v) is 13.3. The Bertz CT molecular complexity index is 2010. The first-order chi connectivity index (χ1) is 32.1. The van der Waals surface area contributed by atoms with E-state index in [4.69, 9.17) is 17.2 Å². The normalized spacial score (nSPS) is 22.1. The maximum absolute atomic E-state index is 14.5. The van der Waals surface area contributed by atoms with Crippen LogP contribution in [0.2, 0.25) is 0 Å². The predicted molar refractivity (Wildman–Crippen MR) is 251 cm³/mol. The van der Waals surface area contributed by atoms with Crippen LogP contribution in [-0.2, 0) is 59.2 Å². The van der Waals surface area contributed by atoms with Crippen molar-refractivity contribution < 1.29 is 57.8 Å². The molecule has 0 unspecified atom stereocenters. The number of benzene rings is 1. The first-order valence-electron chi connectivity index (χ1n) is 22.3. The molecule has 23 nitrogen and oxygen atoms in total. The maximum Gasteiger partial charge on any atom is 0.246 e. The molecule has 1 saturated heterocycles. The number of nitrogens with one attached hydrogen (secondary N) is 7. The van der Waals surface area contributed by atoms with E-state index >= 15 is 0 Å². The molecule has 0 spiro atoms. The van der Waals surface area contributed by atoms with Crippen LogP contribution in [0.25, 0.3) is 0 Å². The van der Waals surface area contributed by atoms with Crippen LogP contribution in [0.3, 0.4) is 0 Å². The van der Waals surface area contributed by atoms with Crippen LogP contribution >= 0.6 is 21.6 Å². The highest BCUT2D eigenvalue weighted by atomic mass is 33.1. The van der Waals surface area contributed by atoms with Crippen molar-refractivity contribution in [1.29, 1.82) is 0 Å². The second-order valence-corrected chi connectivity index (χ2v) is 19.8. The van der Waals surface area contributed by atoms with Crippen LogP contribution in [0.1, 0.15) is 84.6 Å². The largest absolute Gasteiger partial charge is 0.508 e. The van der Waals surface area contributed by atoms with Crippen molar-refractivity contribution in [2.75, 3.05) is 24.6 Å². The quantitative estimate of drug-likeness (QED) is 0.0637. The van der Waals surface area contributed by atoms with Crippen molar-refractivity contribution in [3.8, 4) is 5.75 Å². The number of carbonyl (C=O) groups excluding carboxylic acids is 11. The number of phenols is 1. The van der Waals surface area contributed by atoms with Gasteiger partial charge in [-0.1, -0.05) is 67.8 Å². The Morgan fingerprint density at radius 1 is 0.794 bits per heavy atom. The van der Waals surface area contributed by atoms with Gasteiger partial charge in [-0.15, -0.1) is 0 Å². The summed E-state index contributed by atoms with van der Waals surface area (Å²) in [7, 11) is 2.24. The van der Waals surface area contributed by atoms with Gasteiger partial charge in [-0.2, -0.15) is 0 Å². The maximum atomic E-state index is 14.5. The molecule has 1 aliphatic heterocycles. The van der Waals surface area contributed by atoms with Gasteiger partial charge in [0.05, 0.1) is 19.5 Å². The third-order valence-electron chi connectivity index (χ3n) is 10.9. The summed E-state index contributed by atoms with van der Waals surface area (Å²) < 4.78 is 0. The number of phenolic OH excluding ortho intramolecular Hbond substituents is 1. The number of primary amides is 3. The molecule has 11 amide bonds. The second kappa shape index (κ2) is 27.6. The van der Waals surface area contributed by atoms with Gasteiger partial charge in [0.15, 0.2) is 0 Å². The molecular formula is C43H65N11O12S2. The molecule has 1 saturated carbocycles. The summed E-state index contributed by atoms with van der Waals surface area (Å²) in [4.78, 5) is 147. The van der Waals surface area contributed by atoms with Crippen LogP contribution in [0.4, 0.5) is 0 Å². The lowest BCUT2D eigenvalue weighted by molar-refractivity contribution is -0.141. The standard InChI is InChI=1S/C43H65N11O12S2/c1-5-23(4)37-42(65)50-27(12-13-32(44)56)39(62)51-30(18-33(45)57)40(63)52-31(21-68-67-15-14-35(59)48-29(41(64)53-37)17-24-6-10-26(55)11-7-24)43(66)54(25-8-9-25)20-36(60)49-28(16-22(2)3)38(61)47-19-34(46)58/h6-7,10-11,22-23,25,27-31,37,55H,5,8-9,12-21H2,1-4H3,(H2,44,56)(H2,45,57)(H2,46,58)(H,47,61)(H,48,59)(H,49,60)(H,50,65)(H,51,62)(H,52,63)(H,53,64)/t23-,27-,28-,29-,30-,31-,37-/m0/s1. The van der Waals surface area contributed by atoms with Gasteiger partial charge in [0.25, 0.3) is 0 Å². The Morgan fingerprint density at radius 3 is 2.01 bits per heavy atom. The summed E-state index contributed by atoms with van der Waals surface area (Å²) in [6.45, 7) is 6.06. The fraction of sp³-hybridized carbons (Fsp3) is 0.605. The fourth-order valence-electron chi connectivity index (χ4n) is 6.92. The summed E-state index contributed by atoms with van der Waals surface area (Å²) in [5.74, 6) is -9.64. The zero-order chi connectivity index (χ0) is 50.7. The highest BCUT2D eigenvalue weighted by molar-refractivity contribution is 8.76. The van der Waals surface area contributed by atoms with E-state index in [1.807, 2.05) is 13.8 Å². The first-order valence-corrected chi connectivity index (χ1v) is 24.8. The molecule has 376 valence electrons. The number of amides is 11. The third kappa shape index (κ3) is 19.6. The van der Waals surface area contributed by atoms with Gasteiger partial charge in [0.1, 0.15) is 42.0 Å². The fourth-order valence-corrected chi connectivity index (χ4v) is 9.07. The van der Waals surface area contributed by atoms with E-state index < -0.39 is 139 Å². The molecule has 7 atom stereocenters. The second-order valence-electron chi connectivity index (χ2n) is 17.2. The zero-order valence-electron chi connectivity index (χ0n) is 38.6. The Kier molecular flexibility index (Phi) is 22.9. The molecule has 14 N–H and O–H groups in total. The van der Waals surface area contributed by atoms with Crippen molar-refractivity contribution in [3.05, 3.63) is 29.8 Å². The van der Waals surface area contributed by atoms with E-state index in [2.05, 4.69) is 37.2 Å². The molecule has 1 aliphatic carbocycles. The minimum atomic E-state index is -1.73. The number of aromatic hydroxyl groups is 1. The lowest BCUT2D eigenvalue weighted by Gasteiger charge is -2.30. The number of nitrogens with two attached hydrogens (primary N) is 3. The average Bonchev–Trinajstić information content (AvgIpc) is 4.11. The molecule has 68 heavy (non-hydrogen) atoms. The summed E-state index contributed by atoms with van der Waals surface area (Å²) in [5, 5.41) is 27.8. The number of nitrogens with zero attached hydrogens (tertiary/aromatic N) is 1. The molecule has 1 heterocycles. The summed E-state index contributed by atoms with van der Waals surface area (Å²) in [6.07, 6.45) is -0.175. The first kappa shape index (κ1) is 56.2. The average molecular weight is 992 g/mol. The Morgan fingerprint density at radius 2 is 1.43 bits per heavy atom. The van der Waals surface area contributed by atoms with Crippen molar-refractivity contribution in [1.82, 2.24) is 42.1 Å². The van der Waals surface area contributed by atoms with Crippen LogP contribution in [0.5, 0.6) is 5.75 Å². The summed E-state index contributed by atoms with van der Waals surface area (Å²) in [5.41, 5.74) is 16.7. The molecule has 1 aromatic rings. The number of hydrogen-bond acceptors (Lipinski definition) is 14. The predicted octanol–water partition coefficient (Wildman–Crippen LogP) is -2.55. The summed E-state index contributed by atoms with van der Waals surface area (Å²) in [6, 6.07) is -2.77. The van der Waals surface area contributed by atoms with Crippen molar-refractivity contribution in [2.24, 2.45) is 29.0 Å². The van der Waals surface area contributed by atoms with Crippen molar-refractivity contribution in [2.45, 2.75) is 128 Å². The Labute approximate surface area is 402 Å². The van der Waals surface area contributed by atoms with Gasteiger partial charge in [0.2, 0.25) is 65.0 Å². The van der Waals surface area contributed by atoms with Crippen LogP contribution in [-0.4, -0.2) is 142 Å². The van der Waals surface area contributed by atoms with Gasteiger partial charge in [-0.3, -0.25) is 52.7 Å². The van der Waals surface area contributed by atoms with Crippen LogP contribution in [0, 0.1) is 11.8 Å². The van der Waals surface area contributed by atoms with E-state index in [0.717, 1.165) is 21.6 Å². The molecule has 0 bridgehead atoms. The van der Waals surface area contributed by atoms with Crippen LogP contribution < -0.4 is 54.4 Å². The van der Waals surface area contributed by atoms with Gasteiger partial charge in [-0.25, -0.2) is 0 Å². The Hall–Kier alpha value is -6.11. The summed E-state index contributed by atoms with van der Waals surface area (Å²) >= 11 is 0. The smallest absolute Gasteiger partial charge is 0.246 e. The van der Waals surface area contributed by atoms with Gasteiger partial charge < -0.3 is 64.4 Å².